The van der Waals surface area contributed by atoms with E-state index in [0.717, 1.165) is 28.9 Å². The summed E-state index contributed by atoms with van der Waals surface area (Å²) in [6, 6.07) is 4.79. The van der Waals surface area contributed by atoms with Gasteiger partial charge in [0.25, 0.3) is 5.91 Å². The van der Waals surface area contributed by atoms with E-state index in [1.165, 1.54) is 0 Å². The van der Waals surface area contributed by atoms with E-state index < -0.39 is 17.4 Å². The number of urea groups is 1. The summed E-state index contributed by atoms with van der Waals surface area (Å²) in [5.41, 5.74) is 1.58. The predicted octanol–water partition coefficient (Wildman–Crippen LogP) is 2.45. The van der Waals surface area contributed by atoms with Gasteiger partial charge in [0.15, 0.2) is 0 Å². The monoisotopic (exact) mass is 286 g/mol. The highest BCUT2D eigenvalue weighted by Crippen LogP contribution is 2.42. The Morgan fingerprint density at radius 3 is 2.33 bits per heavy atom. The van der Waals surface area contributed by atoms with E-state index in [1.54, 1.807) is 6.07 Å². The van der Waals surface area contributed by atoms with Crippen LogP contribution < -0.4 is 10.2 Å². The van der Waals surface area contributed by atoms with E-state index in [2.05, 4.69) is 5.32 Å². The summed E-state index contributed by atoms with van der Waals surface area (Å²) in [5.74, 6) is -0.813. The van der Waals surface area contributed by atoms with E-state index in [4.69, 9.17) is 0 Å². The normalized spacial score (nSPS) is 21.0. The maximum absolute atomic E-state index is 12.8. The van der Waals surface area contributed by atoms with Crippen molar-refractivity contribution in [2.75, 3.05) is 4.90 Å². The van der Waals surface area contributed by atoms with Gasteiger partial charge in [0.05, 0.1) is 5.69 Å². The summed E-state index contributed by atoms with van der Waals surface area (Å²) in [4.78, 5) is 38.2. The number of amides is 4. The first-order chi connectivity index (χ1) is 9.95. The van der Waals surface area contributed by atoms with Gasteiger partial charge >= 0.3 is 6.03 Å². The average molecular weight is 286 g/mol. The fraction of sp³-hybridized carbons (Fsp3) is 0.438. The first-order valence-electron chi connectivity index (χ1n) is 7.23. The Labute approximate surface area is 123 Å². The van der Waals surface area contributed by atoms with Crippen LogP contribution in [0.2, 0.25) is 0 Å². The molecule has 1 aromatic carbocycles. The lowest BCUT2D eigenvalue weighted by Gasteiger charge is -2.36. The Bertz CT molecular complexity index is 645. The standard InChI is InChI=1S/C16H18N2O3/c1-10-5-6-12(9-11(10)2)18-14(20)16(7-3-4-8-16)13(19)17-15(18)21/h5-6,9H,3-4,7-8H2,1-2H3,(H,17,19,21). The summed E-state index contributed by atoms with van der Waals surface area (Å²) in [7, 11) is 0. The summed E-state index contributed by atoms with van der Waals surface area (Å²) < 4.78 is 0. The van der Waals surface area contributed by atoms with Crippen LogP contribution in [0.3, 0.4) is 0 Å². The second-order valence-corrected chi connectivity index (χ2v) is 5.96. The Morgan fingerprint density at radius 2 is 1.71 bits per heavy atom. The molecule has 1 N–H and O–H groups in total. The minimum absolute atomic E-state index is 0.378. The van der Waals surface area contributed by atoms with Crippen LogP contribution in [0.5, 0.6) is 0 Å². The van der Waals surface area contributed by atoms with Crippen LogP contribution in [0, 0.1) is 19.3 Å². The first-order valence-corrected chi connectivity index (χ1v) is 7.23. The molecule has 0 bridgehead atoms. The molecule has 110 valence electrons. The molecule has 3 rings (SSSR count). The van der Waals surface area contributed by atoms with Crippen molar-refractivity contribution >= 4 is 23.5 Å². The molecule has 1 spiro atoms. The van der Waals surface area contributed by atoms with Gasteiger partial charge in [-0.3, -0.25) is 14.9 Å². The van der Waals surface area contributed by atoms with E-state index in [0.29, 0.717) is 18.5 Å². The second-order valence-electron chi connectivity index (χ2n) is 5.96. The van der Waals surface area contributed by atoms with Gasteiger partial charge < -0.3 is 0 Å². The number of nitrogens with zero attached hydrogens (tertiary/aromatic N) is 1. The van der Waals surface area contributed by atoms with Crippen LogP contribution in [0.4, 0.5) is 10.5 Å². The molecule has 1 heterocycles. The molecular weight excluding hydrogens is 268 g/mol. The molecule has 0 unspecified atom stereocenters. The van der Waals surface area contributed by atoms with Crippen molar-refractivity contribution in [2.24, 2.45) is 5.41 Å². The molecule has 2 fully saturated rings. The fourth-order valence-corrected chi connectivity index (χ4v) is 3.19. The summed E-state index contributed by atoms with van der Waals surface area (Å²) in [6.07, 6.45) is 2.72. The number of hydrogen-bond acceptors (Lipinski definition) is 3. The van der Waals surface area contributed by atoms with Crippen molar-refractivity contribution < 1.29 is 14.4 Å². The molecule has 21 heavy (non-hydrogen) atoms. The van der Waals surface area contributed by atoms with Gasteiger partial charge in [-0.05, 0) is 49.9 Å². The van der Waals surface area contributed by atoms with Gasteiger partial charge in [-0.25, -0.2) is 9.69 Å². The molecular formula is C16H18N2O3. The summed E-state index contributed by atoms with van der Waals surface area (Å²) in [6.45, 7) is 3.90. The van der Waals surface area contributed by atoms with Gasteiger partial charge in [0, 0.05) is 0 Å². The molecule has 1 aliphatic carbocycles. The lowest BCUT2D eigenvalue weighted by molar-refractivity contribution is -0.142. The number of nitrogens with one attached hydrogen (secondary N) is 1. The maximum atomic E-state index is 12.8. The van der Waals surface area contributed by atoms with Crippen molar-refractivity contribution in [3.05, 3.63) is 29.3 Å². The lowest BCUT2D eigenvalue weighted by Crippen LogP contribution is -2.63. The number of hydrogen-bond donors (Lipinski definition) is 1. The van der Waals surface area contributed by atoms with Crippen LogP contribution in [0.15, 0.2) is 18.2 Å². The van der Waals surface area contributed by atoms with E-state index >= 15 is 0 Å². The quantitative estimate of drug-likeness (QED) is 0.806. The number of barbiturate groups is 1. The Morgan fingerprint density at radius 1 is 1.05 bits per heavy atom. The first kappa shape index (κ1) is 13.8. The number of benzene rings is 1. The largest absolute Gasteiger partial charge is 0.335 e. The predicted molar refractivity (Wildman–Crippen MR) is 77.8 cm³/mol. The van der Waals surface area contributed by atoms with E-state index in [-0.39, 0.29) is 5.91 Å². The minimum atomic E-state index is -1.05. The Kier molecular flexibility index (Phi) is 3.08. The number of imide groups is 2. The number of carbonyl (C=O) groups excluding carboxylic acids is 3. The van der Waals surface area contributed by atoms with Crippen molar-refractivity contribution in [1.29, 1.82) is 0 Å². The molecule has 4 amide bonds. The minimum Gasteiger partial charge on any atom is -0.276 e. The zero-order chi connectivity index (χ0) is 15.2. The topological polar surface area (TPSA) is 66.5 Å². The molecule has 5 heteroatoms. The van der Waals surface area contributed by atoms with E-state index in [1.807, 2.05) is 26.0 Å². The molecule has 1 saturated carbocycles. The van der Waals surface area contributed by atoms with Gasteiger partial charge in [-0.2, -0.15) is 0 Å². The third-order valence-corrected chi connectivity index (χ3v) is 4.68. The van der Waals surface area contributed by atoms with E-state index in [9.17, 15) is 14.4 Å². The number of anilines is 1. The summed E-state index contributed by atoms with van der Waals surface area (Å²) >= 11 is 0. The molecule has 5 nitrogen and oxygen atoms in total. The highest BCUT2D eigenvalue weighted by atomic mass is 16.2. The highest BCUT2D eigenvalue weighted by Gasteiger charge is 2.55. The molecule has 2 aliphatic rings. The third kappa shape index (κ3) is 1.95. The third-order valence-electron chi connectivity index (χ3n) is 4.68. The molecule has 0 atom stereocenters. The van der Waals surface area contributed by atoms with Gasteiger partial charge in [0.2, 0.25) is 5.91 Å². The van der Waals surface area contributed by atoms with Crippen molar-refractivity contribution in [2.45, 2.75) is 39.5 Å². The second kappa shape index (κ2) is 4.69. The smallest absolute Gasteiger partial charge is 0.276 e. The zero-order valence-corrected chi connectivity index (χ0v) is 12.2. The lowest BCUT2D eigenvalue weighted by atomic mass is 9.82. The van der Waals surface area contributed by atoms with Crippen LogP contribution in [-0.4, -0.2) is 17.8 Å². The zero-order valence-electron chi connectivity index (χ0n) is 12.2. The van der Waals surface area contributed by atoms with Crippen LogP contribution >= 0.6 is 0 Å². The van der Waals surface area contributed by atoms with Crippen LogP contribution in [0.25, 0.3) is 0 Å². The van der Waals surface area contributed by atoms with Crippen molar-refractivity contribution in [1.82, 2.24) is 5.32 Å². The van der Waals surface area contributed by atoms with Gasteiger partial charge in [0.1, 0.15) is 5.41 Å². The highest BCUT2D eigenvalue weighted by molar-refractivity contribution is 6.30. The van der Waals surface area contributed by atoms with Gasteiger partial charge in [-0.15, -0.1) is 0 Å². The number of aryl methyl sites for hydroxylation is 2. The Balaban J connectivity index is 2.04. The average Bonchev–Trinajstić information content (AvgIpc) is 2.92. The molecule has 0 aromatic heterocycles. The van der Waals surface area contributed by atoms with Crippen LogP contribution in [-0.2, 0) is 9.59 Å². The SMILES string of the molecule is Cc1ccc(N2C(=O)NC(=O)C3(CCCC3)C2=O)cc1C. The number of rotatable bonds is 1. The molecule has 1 saturated heterocycles. The molecule has 1 aromatic rings. The Hall–Kier alpha value is -2.17. The maximum Gasteiger partial charge on any atom is 0.335 e. The number of carbonyl (C=O) groups is 3. The van der Waals surface area contributed by atoms with Crippen molar-refractivity contribution in [3.8, 4) is 0 Å². The molecule has 1 aliphatic heterocycles. The summed E-state index contributed by atoms with van der Waals surface area (Å²) in [5, 5.41) is 2.35. The van der Waals surface area contributed by atoms with Crippen LogP contribution in [0.1, 0.15) is 36.8 Å². The van der Waals surface area contributed by atoms with Crippen molar-refractivity contribution in [3.63, 3.8) is 0 Å². The van der Waals surface area contributed by atoms with Gasteiger partial charge in [-0.1, -0.05) is 18.9 Å². The fourth-order valence-electron chi connectivity index (χ4n) is 3.19. The molecule has 0 radical (unpaired) electrons.